The van der Waals surface area contributed by atoms with Crippen molar-refractivity contribution in [2.45, 2.75) is 33.1 Å². The lowest BCUT2D eigenvalue weighted by Gasteiger charge is -2.20. The van der Waals surface area contributed by atoms with Gasteiger partial charge in [0.15, 0.2) is 0 Å². The first kappa shape index (κ1) is 14.5. The van der Waals surface area contributed by atoms with Crippen LogP contribution < -0.4 is 4.90 Å². The summed E-state index contributed by atoms with van der Waals surface area (Å²) in [4.78, 5) is 11.4. The molecule has 1 aliphatic heterocycles. The molecule has 1 aliphatic rings. The second-order valence-electron chi connectivity index (χ2n) is 5.19. The molecule has 19 heavy (non-hydrogen) atoms. The van der Waals surface area contributed by atoms with E-state index in [1.54, 1.807) is 7.11 Å². The fourth-order valence-corrected chi connectivity index (χ4v) is 2.74. The summed E-state index contributed by atoms with van der Waals surface area (Å²) in [6, 6.07) is 0. The van der Waals surface area contributed by atoms with Crippen LogP contribution in [0.15, 0.2) is 0 Å². The molecule has 106 valence electrons. The molecular weight excluding hydrogens is 262 g/mol. The second kappa shape index (κ2) is 6.53. The number of hydrogen-bond donors (Lipinski definition) is 0. The molecule has 0 amide bonds. The molecule has 0 N–H and O–H groups in total. The molecule has 1 fully saturated rings. The molecule has 1 atom stereocenters. The maximum Gasteiger partial charge on any atom is 0.137 e. The van der Waals surface area contributed by atoms with Crippen LogP contribution >= 0.6 is 11.6 Å². The Kier molecular flexibility index (Phi) is 4.99. The molecule has 0 spiro atoms. The molecule has 1 aromatic heterocycles. The summed E-state index contributed by atoms with van der Waals surface area (Å²) in [6.07, 6.45) is 3.06. The van der Waals surface area contributed by atoms with Gasteiger partial charge in [-0.05, 0) is 19.8 Å². The molecule has 0 aliphatic carbocycles. The summed E-state index contributed by atoms with van der Waals surface area (Å²) < 4.78 is 5.24. The lowest BCUT2D eigenvalue weighted by molar-refractivity contribution is 0.161. The van der Waals surface area contributed by atoms with Crippen molar-refractivity contribution in [3.8, 4) is 0 Å². The van der Waals surface area contributed by atoms with Gasteiger partial charge in [0, 0.05) is 38.1 Å². The summed E-state index contributed by atoms with van der Waals surface area (Å²) >= 11 is 6.23. The van der Waals surface area contributed by atoms with E-state index in [0.717, 1.165) is 56.2 Å². The smallest absolute Gasteiger partial charge is 0.137 e. The van der Waals surface area contributed by atoms with Crippen LogP contribution in [0.2, 0.25) is 5.15 Å². The highest BCUT2D eigenvalue weighted by molar-refractivity contribution is 6.30. The van der Waals surface area contributed by atoms with Crippen molar-refractivity contribution in [2.24, 2.45) is 5.92 Å². The Morgan fingerprint density at radius 2 is 2.21 bits per heavy atom. The van der Waals surface area contributed by atoms with Crippen molar-refractivity contribution in [3.63, 3.8) is 0 Å². The zero-order valence-corrected chi connectivity index (χ0v) is 12.7. The normalized spacial score (nSPS) is 19.2. The molecule has 2 rings (SSSR count). The molecule has 1 saturated heterocycles. The molecule has 1 aromatic rings. The van der Waals surface area contributed by atoms with E-state index in [9.17, 15) is 0 Å². The summed E-state index contributed by atoms with van der Waals surface area (Å²) in [7, 11) is 1.76. The number of aromatic nitrogens is 2. The number of nitrogens with zero attached hydrogens (tertiary/aromatic N) is 3. The van der Waals surface area contributed by atoms with E-state index in [4.69, 9.17) is 16.3 Å². The molecule has 0 bridgehead atoms. The molecule has 1 unspecified atom stereocenters. The van der Waals surface area contributed by atoms with Crippen LogP contribution in [-0.2, 0) is 11.2 Å². The van der Waals surface area contributed by atoms with Gasteiger partial charge in [0.1, 0.15) is 16.8 Å². The van der Waals surface area contributed by atoms with Gasteiger partial charge in [-0.3, -0.25) is 0 Å². The van der Waals surface area contributed by atoms with Crippen molar-refractivity contribution in [3.05, 3.63) is 16.5 Å². The van der Waals surface area contributed by atoms with Crippen molar-refractivity contribution < 1.29 is 4.74 Å². The molecule has 0 saturated carbocycles. The monoisotopic (exact) mass is 283 g/mol. The average molecular weight is 284 g/mol. The van der Waals surface area contributed by atoms with Gasteiger partial charge in [-0.2, -0.15) is 0 Å². The average Bonchev–Trinajstić information content (AvgIpc) is 2.83. The van der Waals surface area contributed by atoms with E-state index in [1.165, 1.54) is 0 Å². The summed E-state index contributed by atoms with van der Waals surface area (Å²) in [5.41, 5.74) is 0.986. The van der Waals surface area contributed by atoms with Crippen LogP contribution in [0.5, 0.6) is 0 Å². The molecule has 0 aromatic carbocycles. The Hall–Kier alpha value is -0.870. The Morgan fingerprint density at radius 3 is 2.89 bits per heavy atom. The fraction of sp³-hybridized carbons (Fsp3) is 0.714. The fourth-order valence-electron chi connectivity index (χ4n) is 2.56. The number of rotatable bonds is 5. The highest BCUT2D eigenvalue weighted by atomic mass is 35.5. The maximum absolute atomic E-state index is 6.23. The zero-order chi connectivity index (χ0) is 13.8. The van der Waals surface area contributed by atoms with E-state index in [2.05, 4.69) is 21.8 Å². The number of anilines is 1. The first-order valence-corrected chi connectivity index (χ1v) is 7.30. The van der Waals surface area contributed by atoms with Gasteiger partial charge < -0.3 is 9.64 Å². The Morgan fingerprint density at radius 1 is 1.42 bits per heavy atom. The summed E-state index contributed by atoms with van der Waals surface area (Å²) in [5, 5.41) is 0.587. The van der Waals surface area contributed by atoms with Gasteiger partial charge in [-0.15, -0.1) is 0 Å². The maximum atomic E-state index is 6.23. The first-order valence-electron chi connectivity index (χ1n) is 6.92. The minimum atomic E-state index is 0.587. The predicted octanol–water partition coefficient (Wildman–Crippen LogP) is 2.86. The van der Waals surface area contributed by atoms with Gasteiger partial charge in [0.05, 0.1) is 6.61 Å². The standard InChI is InChI=1S/C14H22ClN3O/c1-4-5-12-16-13(15)10(2)14(17-12)18-7-6-11(8-18)9-19-3/h11H,4-9H2,1-3H3. The highest BCUT2D eigenvalue weighted by Gasteiger charge is 2.25. The number of hydrogen-bond acceptors (Lipinski definition) is 4. The van der Waals surface area contributed by atoms with Gasteiger partial charge in [0.2, 0.25) is 0 Å². The van der Waals surface area contributed by atoms with Crippen molar-refractivity contribution in [1.29, 1.82) is 0 Å². The van der Waals surface area contributed by atoms with Gasteiger partial charge in [0.25, 0.3) is 0 Å². The van der Waals surface area contributed by atoms with Gasteiger partial charge in [-0.1, -0.05) is 18.5 Å². The van der Waals surface area contributed by atoms with E-state index in [-0.39, 0.29) is 0 Å². The van der Waals surface area contributed by atoms with E-state index in [1.807, 2.05) is 6.92 Å². The largest absolute Gasteiger partial charge is 0.384 e. The summed E-state index contributed by atoms with van der Waals surface area (Å²) in [6.45, 7) is 6.95. The van der Waals surface area contributed by atoms with Crippen molar-refractivity contribution >= 4 is 17.4 Å². The van der Waals surface area contributed by atoms with Crippen molar-refractivity contribution in [1.82, 2.24) is 9.97 Å². The lowest BCUT2D eigenvalue weighted by atomic mass is 10.1. The van der Waals surface area contributed by atoms with Crippen LogP contribution in [0.3, 0.4) is 0 Å². The zero-order valence-electron chi connectivity index (χ0n) is 11.9. The minimum Gasteiger partial charge on any atom is -0.384 e. The molecule has 0 radical (unpaired) electrons. The third-order valence-electron chi connectivity index (χ3n) is 3.57. The number of aryl methyl sites for hydroxylation is 1. The van der Waals surface area contributed by atoms with Crippen LogP contribution in [0.25, 0.3) is 0 Å². The van der Waals surface area contributed by atoms with Gasteiger partial charge in [-0.25, -0.2) is 9.97 Å². The molecular formula is C14H22ClN3O. The van der Waals surface area contributed by atoms with E-state index < -0.39 is 0 Å². The lowest BCUT2D eigenvalue weighted by Crippen LogP contribution is -2.24. The Bertz CT molecular complexity index is 439. The van der Waals surface area contributed by atoms with Crippen LogP contribution in [-0.4, -0.2) is 36.8 Å². The summed E-state index contributed by atoms with van der Waals surface area (Å²) in [5.74, 6) is 2.44. The van der Waals surface area contributed by atoms with Crippen LogP contribution in [0, 0.1) is 12.8 Å². The Balaban J connectivity index is 2.19. The quantitative estimate of drug-likeness (QED) is 0.779. The molecule has 5 heteroatoms. The van der Waals surface area contributed by atoms with E-state index in [0.29, 0.717) is 11.1 Å². The van der Waals surface area contributed by atoms with Crippen molar-refractivity contribution in [2.75, 3.05) is 31.7 Å². The number of halogens is 1. The first-order chi connectivity index (χ1) is 9.15. The Labute approximate surface area is 120 Å². The second-order valence-corrected chi connectivity index (χ2v) is 5.54. The SMILES string of the molecule is CCCc1nc(Cl)c(C)c(N2CCC(COC)C2)n1. The predicted molar refractivity (Wildman–Crippen MR) is 78.0 cm³/mol. The number of ether oxygens (including phenoxy) is 1. The van der Waals surface area contributed by atoms with Crippen LogP contribution in [0.1, 0.15) is 31.2 Å². The van der Waals surface area contributed by atoms with Crippen LogP contribution in [0.4, 0.5) is 5.82 Å². The molecule has 4 nitrogen and oxygen atoms in total. The third kappa shape index (κ3) is 3.37. The highest BCUT2D eigenvalue weighted by Crippen LogP contribution is 2.28. The van der Waals surface area contributed by atoms with E-state index >= 15 is 0 Å². The molecule has 2 heterocycles. The number of methoxy groups -OCH3 is 1. The third-order valence-corrected chi connectivity index (χ3v) is 3.94. The topological polar surface area (TPSA) is 38.2 Å². The van der Waals surface area contributed by atoms with Gasteiger partial charge >= 0.3 is 0 Å². The minimum absolute atomic E-state index is 0.587.